The van der Waals surface area contributed by atoms with Crippen LogP contribution in [0.15, 0.2) is 15.4 Å². The summed E-state index contributed by atoms with van der Waals surface area (Å²) in [7, 11) is -3.33. The fraction of sp³-hybridized carbons (Fsp3) is 0.588. The smallest absolute Gasteiger partial charge is 0.235 e. The number of hydrogen-bond acceptors (Lipinski definition) is 9. The second-order valence-electron chi connectivity index (χ2n) is 7.01. The van der Waals surface area contributed by atoms with Crippen LogP contribution in [0.2, 0.25) is 0 Å². The third kappa shape index (κ3) is 4.87. The first kappa shape index (κ1) is 21.1. The molecule has 0 saturated carbocycles. The molecule has 0 bridgehead atoms. The van der Waals surface area contributed by atoms with E-state index in [1.807, 2.05) is 31.7 Å². The van der Waals surface area contributed by atoms with Gasteiger partial charge in [-0.05, 0) is 39.7 Å². The first-order valence-electron chi connectivity index (χ1n) is 8.95. The zero-order valence-corrected chi connectivity index (χ0v) is 18.7. The van der Waals surface area contributed by atoms with Gasteiger partial charge < -0.3 is 4.90 Å². The van der Waals surface area contributed by atoms with Crippen LogP contribution in [0.4, 0.5) is 0 Å². The van der Waals surface area contributed by atoms with Crippen LogP contribution in [0.25, 0.3) is 0 Å². The average molecular weight is 442 g/mol. The lowest BCUT2D eigenvalue weighted by Crippen LogP contribution is -2.42. The van der Waals surface area contributed by atoms with Crippen LogP contribution < -0.4 is 0 Å². The van der Waals surface area contributed by atoms with Crippen LogP contribution in [0.3, 0.4) is 0 Å². The third-order valence-corrected chi connectivity index (χ3v) is 8.10. The van der Waals surface area contributed by atoms with Gasteiger partial charge in [0, 0.05) is 48.2 Å². The van der Waals surface area contributed by atoms with Gasteiger partial charge >= 0.3 is 0 Å². The minimum atomic E-state index is -3.33. The van der Waals surface area contributed by atoms with Gasteiger partial charge in [-0.3, -0.25) is 4.79 Å². The van der Waals surface area contributed by atoms with E-state index in [9.17, 15) is 13.2 Å². The summed E-state index contributed by atoms with van der Waals surface area (Å²) in [6.07, 6.45) is 2.53. The molecule has 2 aromatic rings. The molecule has 1 aliphatic rings. The molecule has 152 valence electrons. The van der Waals surface area contributed by atoms with E-state index in [4.69, 9.17) is 0 Å². The fourth-order valence-corrected chi connectivity index (χ4v) is 5.97. The second-order valence-corrected chi connectivity index (χ2v) is 11.3. The van der Waals surface area contributed by atoms with Gasteiger partial charge in [0.2, 0.25) is 5.91 Å². The number of thioether (sulfide) groups is 1. The van der Waals surface area contributed by atoms with Gasteiger partial charge in [0.05, 0.1) is 10.9 Å². The van der Waals surface area contributed by atoms with E-state index in [2.05, 4.69) is 19.6 Å². The molecule has 0 unspecified atom stereocenters. The minimum absolute atomic E-state index is 0.0123. The van der Waals surface area contributed by atoms with E-state index in [0.29, 0.717) is 36.8 Å². The van der Waals surface area contributed by atoms with Crippen molar-refractivity contribution in [3.63, 3.8) is 0 Å². The average Bonchev–Trinajstić information content (AvgIpc) is 3.10. The second kappa shape index (κ2) is 8.42. The number of sulfone groups is 1. The van der Waals surface area contributed by atoms with Gasteiger partial charge in [0.25, 0.3) is 0 Å². The lowest BCUT2D eigenvalue weighted by Gasteiger charge is -2.32. The van der Waals surface area contributed by atoms with E-state index < -0.39 is 9.84 Å². The van der Waals surface area contributed by atoms with Gasteiger partial charge in [-0.25, -0.2) is 18.4 Å². The van der Waals surface area contributed by atoms with Gasteiger partial charge in [0.15, 0.2) is 19.2 Å². The number of aryl methyl sites for hydroxylation is 2. The van der Waals surface area contributed by atoms with E-state index in [-0.39, 0.29) is 21.3 Å². The van der Waals surface area contributed by atoms with E-state index in [1.54, 1.807) is 0 Å². The van der Waals surface area contributed by atoms with E-state index >= 15 is 0 Å². The Balaban J connectivity index is 1.61. The number of hydrogen-bond donors (Lipinski definition) is 0. The lowest BCUT2D eigenvalue weighted by atomic mass is 9.94. The molecule has 28 heavy (non-hydrogen) atoms. The van der Waals surface area contributed by atoms with Gasteiger partial charge in [-0.2, -0.15) is 0 Å². The van der Waals surface area contributed by atoms with Crippen molar-refractivity contribution in [3.05, 3.63) is 23.1 Å². The first-order chi connectivity index (χ1) is 13.1. The van der Waals surface area contributed by atoms with Gasteiger partial charge in [0.1, 0.15) is 0 Å². The Kier molecular flexibility index (Phi) is 6.35. The minimum Gasteiger partial charge on any atom is -0.342 e. The van der Waals surface area contributed by atoms with Gasteiger partial charge in [-0.1, -0.05) is 16.3 Å². The number of carbonyl (C=O) groups is 1. The molecular formula is C17H23N5O3S3. The summed E-state index contributed by atoms with van der Waals surface area (Å²) in [5.41, 5.74) is 2.31. The third-order valence-electron chi connectivity index (χ3n) is 4.60. The number of rotatable bonds is 5. The Morgan fingerprint density at radius 2 is 1.86 bits per heavy atom. The molecule has 11 heteroatoms. The maximum atomic E-state index is 12.8. The number of amides is 1. The summed E-state index contributed by atoms with van der Waals surface area (Å²) < 4.78 is 27.8. The molecule has 8 nitrogen and oxygen atoms in total. The molecular weight excluding hydrogens is 418 g/mol. The summed E-state index contributed by atoms with van der Waals surface area (Å²) in [4.78, 5) is 23.4. The maximum Gasteiger partial charge on any atom is 0.235 e. The Morgan fingerprint density at radius 3 is 2.43 bits per heavy atom. The standard InChI is InChI=1S/C17H23N5O3S3/c1-10-9-11(2)19-17(18-10)26-12(3)15(23)22-7-5-13(6-8-22)14-16(27-21-20-14)28(4,24)25/h9,12-13H,5-8H2,1-4H3/t12-/m0/s1. The molecule has 0 aromatic carbocycles. The van der Waals surface area contributed by atoms with Crippen molar-refractivity contribution in [1.82, 2.24) is 24.5 Å². The molecule has 2 aromatic heterocycles. The first-order valence-corrected chi connectivity index (χ1v) is 12.5. The van der Waals surface area contributed by atoms with Crippen molar-refractivity contribution >= 4 is 39.0 Å². The Morgan fingerprint density at radius 1 is 1.25 bits per heavy atom. The molecule has 1 aliphatic heterocycles. The van der Waals surface area contributed by atoms with Crippen LogP contribution in [0, 0.1) is 13.8 Å². The molecule has 0 spiro atoms. The summed E-state index contributed by atoms with van der Waals surface area (Å²) in [5.74, 6) is 0.0594. The largest absolute Gasteiger partial charge is 0.342 e. The lowest BCUT2D eigenvalue weighted by molar-refractivity contribution is -0.131. The van der Waals surface area contributed by atoms with E-state index in [0.717, 1.165) is 22.9 Å². The Bertz CT molecular complexity index is 948. The predicted molar refractivity (Wildman–Crippen MR) is 108 cm³/mol. The fourth-order valence-electron chi connectivity index (χ4n) is 3.28. The van der Waals surface area contributed by atoms with Crippen LogP contribution in [-0.4, -0.2) is 63.4 Å². The molecule has 0 radical (unpaired) electrons. The van der Waals surface area contributed by atoms with E-state index in [1.165, 1.54) is 18.0 Å². The highest BCUT2D eigenvalue weighted by Crippen LogP contribution is 2.33. The summed E-state index contributed by atoms with van der Waals surface area (Å²) in [5, 5.41) is 4.37. The molecule has 0 aliphatic carbocycles. The van der Waals surface area contributed by atoms with Crippen molar-refractivity contribution < 1.29 is 13.2 Å². The summed E-state index contributed by atoms with van der Waals surface area (Å²) in [6, 6.07) is 1.90. The highest BCUT2D eigenvalue weighted by Gasteiger charge is 2.31. The monoisotopic (exact) mass is 441 g/mol. The zero-order chi connectivity index (χ0) is 20.5. The molecule has 1 saturated heterocycles. The van der Waals surface area contributed by atoms with Crippen LogP contribution >= 0.6 is 23.3 Å². The number of aromatic nitrogens is 4. The topological polar surface area (TPSA) is 106 Å². The maximum absolute atomic E-state index is 12.8. The summed E-state index contributed by atoms with van der Waals surface area (Å²) in [6.45, 7) is 6.83. The highest BCUT2D eigenvalue weighted by molar-refractivity contribution is 8.00. The normalized spacial score (nSPS) is 16.9. The molecule has 1 fully saturated rings. The van der Waals surface area contributed by atoms with Crippen molar-refractivity contribution in [2.24, 2.45) is 0 Å². The van der Waals surface area contributed by atoms with Crippen molar-refractivity contribution in [2.45, 2.75) is 54.1 Å². The number of piperidine rings is 1. The van der Waals surface area contributed by atoms with Crippen molar-refractivity contribution in [2.75, 3.05) is 19.3 Å². The quantitative estimate of drug-likeness (QED) is 0.514. The predicted octanol–water partition coefficient (Wildman–Crippen LogP) is 2.24. The molecule has 1 atom stereocenters. The van der Waals surface area contributed by atoms with Crippen LogP contribution in [0.1, 0.15) is 42.8 Å². The zero-order valence-electron chi connectivity index (χ0n) is 16.2. The molecule has 0 N–H and O–H groups in total. The summed E-state index contributed by atoms with van der Waals surface area (Å²) >= 11 is 2.28. The van der Waals surface area contributed by atoms with Gasteiger partial charge in [-0.15, -0.1) is 5.10 Å². The van der Waals surface area contributed by atoms with Crippen LogP contribution in [-0.2, 0) is 14.6 Å². The number of carbonyl (C=O) groups excluding carboxylic acids is 1. The van der Waals surface area contributed by atoms with Crippen LogP contribution in [0.5, 0.6) is 0 Å². The molecule has 1 amide bonds. The van der Waals surface area contributed by atoms with Crippen molar-refractivity contribution in [3.8, 4) is 0 Å². The Labute approximate surface area is 173 Å². The highest BCUT2D eigenvalue weighted by atomic mass is 32.2. The number of nitrogens with zero attached hydrogens (tertiary/aromatic N) is 5. The number of likely N-dealkylation sites (tertiary alicyclic amines) is 1. The van der Waals surface area contributed by atoms with Crippen molar-refractivity contribution in [1.29, 1.82) is 0 Å². The molecule has 3 rings (SSSR count). The Hall–Kier alpha value is -1.59. The SMILES string of the molecule is Cc1cc(C)nc(S[C@@H](C)C(=O)N2CCC(c3nnsc3S(C)(=O)=O)CC2)n1. The molecule has 3 heterocycles.